The summed E-state index contributed by atoms with van der Waals surface area (Å²) < 4.78 is 0.503. The summed E-state index contributed by atoms with van der Waals surface area (Å²) in [5, 5.41) is 8.70. The van der Waals surface area contributed by atoms with Gasteiger partial charge < -0.3 is 10.0 Å². The normalized spacial score (nSPS) is 16.1. The molecule has 0 radical (unpaired) electrons. The van der Waals surface area contributed by atoms with Crippen LogP contribution in [0.3, 0.4) is 0 Å². The van der Waals surface area contributed by atoms with E-state index in [0.29, 0.717) is 14.8 Å². The molecule has 6 nitrogen and oxygen atoms in total. The lowest BCUT2D eigenvalue weighted by Gasteiger charge is -2.14. The summed E-state index contributed by atoms with van der Waals surface area (Å²) in [6.07, 6.45) is 1.71. The molecule has 0 bridgehead atoms. The van der Waals surface area contributed by atoms with E-state index in [-0.39, 0.29) is 18.4 Å². The van der Waals surface area contributed by atoms with Crippen LogP contribution in [0.1, 0.15) is 15.9 Å². The highest BCUT2D eigenvalue weighted by Gasteiger charge is 2.28. The minimum absolute atomic E-state index is 0.152. The molecule has 0 unspecified atom stereocenters. The largest absolute Gasteiger partial charge is 0.480 e. The quantitative estimate of drug-likeness (QED) is 0.657. The zero-order chi connectivity index (χ0) is 17.1. The summed E-state index contributed by atoms with van der Waals surface area (Å²) in [4.78, 5) is 37.6. The molecule has 1 fully saturated rings. The van der Waals surface area contributed by atoms with Gasteiger partial charge in [0, 0.05) is 19.7 Å². The predicted molar refractivity (Wildman–Crippen MR) is 92.0 cm³/mol. The van der Waals surface area contributed by atoms with Crippen molar-refractivity contribution in [2.24, 2.45) is 0 Å². The van der Waals surface area contributed by atoms with Gasteiger partial charge in [0.05, 0.1) is 4.91 Å². The van der Waals surface area contributed by atoms with Crippen LogP contribution in [0, 0.1) is 0 Å². The number of carboxylic acids is 1. The highest BCUT2D eigenvalue weighted by atomic mass is 32.2. The van der Waals surface area contributed by atoms with Gasteiger partial charge in [0.15, 0.2) is 0 Å². The van der Waals surface area contributed by atoms with Gasteiger partial charge in [-0.2, -0.15) is 0 Å². The molecule has 1 aliphatic heterocycles. The molecular weight excluding hydrogens is 336 g/mol. The molecule has 0 aliphatic carbocycles. The third-order valence-corrected chi connectivity index (χ3v) is 4.65. The van der Waals surface area contributed by atoms with E-state index in [1.807, 2.05) is 0 Å². The van der Waals surface area contributed by atoms with E-state index in [1.54, 1.807) is 37.4 Å². The van der Waals surface area contributed by atoms with Crippen molar-refractivity contribution in [3.63, 3.8) is 0 Å². The number of thiocarbonyl (C=S) groups is 1. The fraction of sp³-hybridized carbons (Fsp3) is 0.200. The maximum atomic E-state index is 12.0. The van der Waals surface area contributed by atoms with Gasteiger partial charge in [-0.05, 0) is 23.8 Å². The molecule has 120 valence electrons. The molecule has 1 saturated heterocycles. The average Bonchev–Trinajstić information content (AvgIpc) is 2.74. The van der Waals surface area contributed by atoms with E-state index < -0.39 is 5.97 Å². The van der Waals surface area contributed by atoms with Crippen molar-refractivity contribution in [3.8, 4) is 0 Å². The molecule has 1 N–H and O–H groups in total. The number of aliphatic carboxylic acids is 1. The highest BCUT2D eigenvalue weighted by Crippen LogP contribution is 2.31. The van der Waals surface area contributed by atoms with Crippen molar-refractivity contribution < 1.29 is 19.5 Å². The van der Waals surface area contributed by atoms with Crippen molar-refractivity contribution in [1.82, 2.24) is 9.80 Å². The zero-order valence-electron chi connectivity index (χ0n) is 12.5. The molecule has 0 atom stereocenters. The summed E-state index contributed by atoms with van der Waals surface area (Å²) in [6, 6.07) is 6.59. The smallest absolute Gasteiger partial charge is 0.323 e. The number of carbonyl (C=O) groups is 3. The molecule has 2 rings (SSSR count). The van der Waals surface area contributed by atoms with Gasteiger partial charge in [0.2, 0.25) is 0 Å². The Bertz CT molecular complexity index is 713. The molecule has 0 saturated carbocycles. The van der Waals surface area contributed by atoms with Crippen LogP contribution in [0.15, 0.2) is 29.2 Å². The van der Waals surface area contributed by atoms with Gasteiger partial charge in [-0.3, -0.25) is 19.3 Å². The monoisotopic (exact) mass is 350 g/mol. The SMILES string of the molecule is CN(CC(=O)O)C(=O)c1ccc(C=C2SC(=S)N(C)C2=O)cc1. The first-order valence-corrected chi connectivity index (χ1v) is 7.81. The number of thioether (sulfide) groups is 1. The van der Waals surface area contributed by atoms with Crippen LogP contribution in [0.5, 0.6) is 0 Å². The number of carboxylic acid groups (broad SMARTS) is 1. The lowest BCUT2D eigenvalue weighted by molar-refractivity contribution is -0.137. The van der Waals surface area contributed by atoms with E-state index >= 15 is 0 Å². The van der Waals surface area contributed by atoms with Crippen LogP contribution in [0.25, 0.3) is 6.08 Å². The Balaban J connectivity index is 2.14. The molecule has 2 amide bonds. The molecule has 1 aromatic carbocycles. The van der Waals surface area contributed by atoms with Crippen molar-refractivity contribution in [2.75, 3.05) is 20.6 Å². The first-order chi connectivity index (χ1) is 10.8. The summed E-state index contributed by atoms with van der Waals surface area (Å²) in [7, 11) is 3.05. The third-order valence-electron chi connectivity index (χ3n) is 3.16. The Hall–Kier alpha value is -2.19. The Labute approximate surface area is 142 Å². The lowest BCUT2D eigenvalue weighted by Crippen LogP contribution is -2.31. The van der Waals surface area contributed by atoms with Crippen LogP contribution in [0.2, 0.25) is 0 Å². The molecule has 23 heavy (non-hydrogen) atoms. The maximum absolute atomic E-state index is 12.0. The Morgan fingerprint density at radius 2 is 1.96 bits per heavy atom. The van der Waals surface area contributed by atoms with Gasteiger partial charge >= 0.3 is 5.97 Å². The second kappa shape index (κ2) is 6.93. The molecule has 1 heterocycles. The minimum Gasteiger partial charge on any atom is -0.480 e. The first kappa shape index (κ1) is 17.2. The van der Waals surface area contributed by atoms with Gasteiger partial charge in [-0.1, -0.05) is 36.1 Å². The van der Waals surface area contributed by atoms with Crippen molar-refractivity contribution in [3.05, 3.63) is 40.3 Å². The van der Waals surface area contributed by atoms with Crippen LogP contribution in [-0.4, -0.2) is 57.7 Å². The van der Waals surface area contributed by atoms with Gasteiger partial charge in [0.1, 0.15) is 10.9 Å². The van der Waals surface area contributed by atoms with Crippen LogP contribution in [-0.2, 0) is 9.59 Å². The fourth-order valence-electron chi connectivity index (χ4n) is 1.91. The number of rotatable bonds is 4. The van der Waals surface area contributed by atoms with Crippen molar-refractivity contribution in [1.29, 1.82) is 0 Å². The van der Waals surface area contributed by atoms with Gasteiger partial charge in [-0.25, -0.2) is 0 Å². The van der Waals surface area contributed by atoms with E-state index in [1.165, 1.54) is 23.7 Å². The van der Waals surface area contributed by atoms with E-state index in [0.717, 1.165) is 10.5 Å². The Morgan fingerprint density at radius 3 is 2.43 bits per heavy atom. The van der Waals surface area contributed by atoms with Crippen LogP contribution in [0.4, 0.5) is 0 Å². The third kappa shape index (κ3) is 3.96. The van der Waals surface area contributed by atoms with Crippen molar-refractivity contribution >= 4 is 52.2 Å². The second-order valence-corrected chi connectivity index (χ2v) is 6.59. The molecule has 0 spiro atoms. The molecule has 0 aromatic heterocycles. The van der Waals surface area contributed by atoms with Crippen LogP contribution >= 0.6 is 24.0 Å². The van der Waals surface area contributed by atoms with Crippen molar-refractivity contribution in [2.45, 2.75) is 0 Å². The number of hydrogen-bond acceptors (Lipinski definition) is 5. The molecule has 1 aliphatic rings. The maximum Gasteiger partial charge on any atom is 0.323 e. The number of nitrogens with zero attached hydrogens (tertiary/aromatic N) is 2. The lowest BCUT2D eigenvalue weighted by atomic mass is 10.1. The zero-order valence-corrected chi connectivity index (χ0v) is 14.1. The first-order valence-electron chi connectivity index (χ1n) is 6.58. The Morgan fingerprint density at radius 1 is 1.35 bits per heavy atom. The topological polar surface area (TPSA) is 77.9 Å². The van der Waals surface area contributed by atoms with E-state index in [2.05, 4.69) is 0 Å². The van der Waals surface area contributed by atoms with E-state index in [4.69, 9.17) is 17.3 Å². The second-order valence-electron chi connectivity index (χ2n) is 4.92. The highest BCUT2D eigenvalue weighted by molar-refractivity contribution is 8.26. The average molecular weight is 350 g/mol. The minimum atomic E-state index is -1.07. The standard InChI is InChI=1S/C15H14N2O4S2/c1-16(8-12(18)19)13(20)10-5-3-9(4-6-10)7-11-14(21)17(2)15(22)23-11/h3-7H,8H2,1-2H3,(H,18,19). The Kier molecular flexibility index (Phi) is 5.17. The van der Waals surface area contributed by atoms with E-state index in [9.17, 15) is 14.4 Å². The van der Waals surface area contributed by atoms with Gasteiger partial charge in [0.25, 0.3) is 11.8 Å². The summed E-state index contributed by atoms with van der Waals surface area (Å²) in [5.74, 6) is -1.60. The fourth-order valence-corrected chi connectivity index (χ4v) is 3.09. The number of carbonyl (C=O) groups excluding carboxylic acids is 2. The summed E-state index contributed by atoms with van der Waals surface area (Å²) in [6.45, 7) is -0.362. The van der Waals surface area contributed by atoms with Gasteiger partial charge in [-0.15, -0.1) is 0 Å². The number of benzene rings is 1. The summed E-state index contributed by atoms with van der Waals surface area (Å²) in [5.41, 5.74) is 1.14. The number of hydrogen-bond donors (Lipinski definition) is 1. The number of likely N-dealkylation sites (N-methyl/N-ethyl adjacent to an activating group) is 2. The molecular formula is C15H14N2O4S2. The summed E-state index contributed by atoms with van der Waals surface area (Å²) >= 11 is 6.29. The number of amides is 2. The molecule has 8 heteroatoms. The van der Waals surface area contributed by atoms with Crippen LogP contribution < -0.4 is 0 Å². The molecule has 1 aromatic rings. The predicted octanol–water partition coefficient (Wildman–Crippen LogP) is 1.67.